The number of sulfonamides is 1. The van der Waals surface area contributed by atoms with E-state index < -0.39 is 10.0 Å². The summed E-state index contributed by atoms with van der Waals surface area (Å²) in [6.45, 7) is 2.72. The lowest BCUT2D eigenvalue weighted by atomic mass is 9.77. The first-order valence-corrected chi connectivity index (χ1v) is 13.7. The molecule has 1 saturated carbocycles. The smallest absolute Gasteiger partial charge is 0.243 e. The van der Waals surface area contributed by atoms with Gasteiger partial charge in [-0.05, 0) is 56.6 Å². The lowest BCUT2D eigenvalue weighted by Crippen LogP contribution is -2.53. The molecule has 0 spiro atoms. The molecule has 8 heteroatoms. The Morgan fingerprint density at radius 3 is 2.38 bits per heavy atom. The highest BCUT2D eigenvalue weighted by molar-refractivity contribution is 7.89. The molecule has 0 unspecified atom stereocenters. The first-order valence-electron chi connectivity index (χ1n) is 12.2. The monoisotopic (exact) mass is 462 g/mol. The lowest BCUT2D eigenvalue weighted by Gasteiger charge is -2.46. The highest BCUT2D eigenvalue weighted by Gasteiger charge is 2.40. The second-order valence-corrected chi connectivity index (χ2v) is 11.6. The van der Waals surface area contributed by atoms with Crippen LogP contribution >= 0.6 is 0 Å². The van der Waals surface area contributed by atoms with E-state index in [1.165, 1.54) is 30.0 Å². The average molecular weight is 463 g/mol. The van der Waals surface area contributed by atoms with Gasteiger partial charge in [0.1, 0.15) is 0 Å². The summed E-state index contributed by atoms with van der Waals surface area (Å²) in [5.74, 6) is 1.94. The lowest BCUT2D eigenvalue weighted by molar-refractivity contribution is -0.143. The summed E-state index contributed by atoms with van der Waals surface area (Å²) in [7, 11) is -3.63. The van der Waals surface area contributed by atoms with Crippen molar-refractivity contribution in [2.45, 2.75) is 68.7 Å². The van der Waals surface area contributed by atoms with Crippen molar-refractivity contribution in [1.82, 2.24) is 9.21 Å². The zero-order valence-corrected chi connectivity index (χ0v) is 19.5. The fourth-order valence-electron chi connectivity index (χ4n) is 5.93. The standard InChI is InChI=1S/C24H34N2O5S/c27-24(26-12-3-6-18-5-1-2-7-21(18)26)19-10-13-25(14-11-19)32(28,29)20-8-9-22-23(17-20)31-16-4-15-30-22/h8-9,17-19,21H,1-7,10-16H2/t18-,21+/m0/s1. The molecule has 0 N–H and O–H groups in total. The molecule has 2 atom stereocenters. The number of ether oxygens (including phenoxy) is 2. The predicted molar refractivity (Wildman–Crippen MR) is 120 cm³/mol. The third kappa shape index (κ3) is 4.23. The number of carbonyl (C=O) groups is 1. The molecule has 0 bridgehead atoms. The molecule has 1 aliphatic carbocycles. The molecule has 0 radical (unpaired) electrons. The summed E-state index contributed by atoms with van der Waals surface area (Å²) in [6, 6.07) is 5.26. The van der Waals surface area contributed by atoms with Crippen LogP contribution in [0.5, 0.6) is 11.5 Å². The van der Waals surface area contributed by atoms with Crippen LogP contribution in [0.1, 0.15) is 57.8 Å². The fourth-order valence-corrected chi connectivity index (χ4v) is 7.41. The van der Waals surface area contributed by atoms with Crippen molar-refractivity contribution < 1.29 is 22.7 Å². The van der Waals surface area contributed by atoms with Crippen LogP contribution < -0.4 is 9.47 Å². The van der Waals surface area contributed by atoms with E-state index in [-0.39, 0.29) is 16.7 Å². The summed E-state index contributed by atoms with van der Waals surface area (Å²) >= 11 is 0. The van der Waals surface area contributed by atoms with Crippen LogP contribution in [0.3, 0.4) is 0 Å². The van der Waals surface area contributed by atoms with Gasteiger partial charge in [0.25, 0.3) is 0 Å². The molecule has 5 rings (SSSR count). The summed E-state index contributed by atoms with van der Waals surface area (Å²) < 4.78 is 39.3. The molecule has 0 aromatic heterocycles. The number of carbonyl (C=O) groups excluding carboxylic acids is 1. The van der Waals surface area contributed by atoms with E-state index in [9.17, 15) is 13.2 Å². The van der Waals surface area contributed by atoms with Gasteiger partial charge in [0.05, 0.1) is 18.1 Å². The Labute approximate surface area is 191 Å². The van der Waals surface area contributed by atoms with Crippen LogP contribution in [0, 0.1) is 11.8 Å². The Hall–Kier alpha value is -1.80. The van der Waals surface area contributed by atoms with Crippen molar-refractivity contribution in [2.75, 3.05) is 32.8 Å². The minimum atomic E-state index is -3.63. The molecule has 3 aliphatic heterocycles. The highest BCUT2D eigenvalue weighted by atomic mass is 32.2. The van der Waals surface area contributed by atoms with Gasteiger partial charge in [0.2, 0.25) is 15.9 Å². The largest absolute Gasteiger partial charge is 0.490 e. The molecule has 3 heterocycles. The minimum absolute atomic E-state index is 0.0640. The van der Waals surface area contributed by atoms with E-state index in [0.29, 0.717) is 62.6 Å². The molecule has 3 fully saturated rings. The van der Waals surface area contributed by atoms with Gasteiger partial charge in [-0.25, -0.2) is 8.42 Å². The highest BCUT2D eigenvalue weighted by Crippen LogP contribution is 2.38. The van der Waals surface area contributed by atoms with Gasteiger partial charge in [0.15, 0.2) is 11.5 Å². The summed E-state index contributed by atoms with van der Waals surface area (Å²) in [5.41, 5.74) is 0. The Morgan fingerprint density at radius 2 is 1.56 bits per heavy atom. The number of likely N-dealkylation sites (tertiary alicyclic amines) is 1. The molecule has 176 valence electrons. The molecule has 2 saturated heterocycles. The number of rotatable bonds is 3. The third-order valence-electron chi connectivity index (χ3n) is 7.69. The van der Waals surface area contributed by atoms with E-state index in [4.69, 9.17) is 9.47 Å². The number of amides is 1. The zero-order chi connectivity index (χ0) is 22.1. The van der Waals surface area contributed by atoms with Crippen LogP contribution in [-0.4, -0.2) is 62.4 Å². The van der Waals surface area contributed by atoms with Crippen LogP contribution in [0.4, 0.5) is 0 Å². The van der Waals surface area contributed by atoms with Crippen LogP contribution in [0.25, 0.3) is 0 Å². The van der Waals surface area contributed by atoms with E-state index in [1.54, 1.807) is 18.2 Å². The summed E-state index contributed by atoms with van der Waals surface area (Å²) in [4.78, 5) is 15.7. The second-order valence-electron chi connectivity index (χ2n) is 9.62. The number of hydrogen-bond acceptors (Lipinski definition) is 5. The number of hydrogen-bond donors (Lipinski definition) is 0. The molecule has 7 nitrogen and oxygen atoms in total. The van der Waals surface area contributed by atoms with Gasteiger partial charge in [-0.2, -0.15) is 4.31 Å². The summed E-state index contributed by atoms with van der Waals surface area (Å²) in [6.07, 6.45) is 9.21. The maximum absolute atomic E-state index is 13.4. The number of fused-ring (bicyclic) bond motifs is 2. The number of nitrogens with zero attached hydrogens (tertiary/aromatic N) is 2. The van der Waals surface area contributed by atoms with E-state index in [1.807, 2.05) is 0 Å². The summed E-state index contributed by atoms with van der Waals surface area (Å²) in [5, 5.41) is 0. The Morgan fingerprint density at radius 1 is 0.844 bits per heavy atom. The third-order valence-corrected chi connectivity index (χ3v) is 9.58. The van der Waals surface area contributed by atoms with Crippen LogP contribution in [0.2, 0.25) is 0 Å². The topological polar surface area (TPSA) is 76.2 Å². The van der Waals surface area contributed by atoms with E-state index in [2.05, 4.69) is 4.90 Å². The van der Waals surface area contributed by atoms with Crippen LogP contribution in [-0.2, 0) is 14.8 Å². The quantitative estimate of drug-likeness (QED) is 0.688. The molecule has 1 aromatic carbocycles. The van der Waals surface area contributed by atoms with Gasteiger partial charge >= 0.3 is 0 Å². The Bertz CT molecular complexity index is 940. The van der Waals surface area contributed by atoms with Crippen molar-refractivity contribution in [2.24, 2.45) is 11.8 Å². The molecular weight excluding hydrogens is 428 g/mol. The maximum atomic E-state index is 13.4. The Kier molecular flexibility index (Phi) is 6.34. The maximum Gasteiger partial charge on any atom is 0.243 e. The number of benzene rings is 1. The van der Waals surface area contributed by atoms with Gasteiger partial charge in [0, 0.05) is 44.1 Å². The Balaban J connectivity index is 1.24. The molecule has 1 amide bonds. The average Bonchev–Trinajstić information content (AvgIpc) is 3.08. The fraction of sp³-hybridized carbons (Fsp3) is 0.708. The van der Waals surface area contributed by atoms with Gasteiger partial charge in [-0.3, -0.25) is 4.79 Å². The van der Waals surface area contributed by atoms with Gasteiger partial charge < -0.3 is 14.4 Å². The van der Waals surface area contributed by atoms with E-state index >= 15 is 0 Å². The van der Waals surface area contributed by atoms with Crippen molar-refractivity contribution >= 4 is 15.9 Å². The van der Waals surface area contributed by atoms with Crippen molar-refractivity contribution in [1.29, 1.82) is 0 Å². The second kappa shape index (κ2) is 9.21. The number of piperidine rings is 2. The first-order chi connectivity index (χ1) is 15.5. The van der Waals surface area contributed by atoms with Crippen molar-refractivity contribution in [3.8, 4) is 11.5 Å². The molecule has 1 aromatic rings. The van der Waals surface area contributed by atoms with Gasteiger partial charge in [-0.15, -0.1) is 0 Å². The molecule has 4 aliphatic rings. The van der Waals surface area contributed by atoms with Gasteiger partial charge in [-0.1, -0.05) is 12.8 Å². The van der Waals surface area contributed by atoms with E-state index in [0.717, 1.165) is 25.8 Å². The van der Waals surface area contributed by atoms with Crippen molar-refractivity contribution in [3.63, 3.8) is 0 Å². The molecular formula is C24H34N2O5S. The van der Waals surface area contributed by atoms with Crippen molar-refractivity contribution in [3.05, 3.63) is 18.2 Å². The SMILES string of the molecule is O=C(C1CCN(S(=O)(=O)c2ccc3c(c2)OCCCO3)CC1)N1CCC[C@@H]2CCCC[C@H]21. The van der Waals surface area contributed by atoms with Crippen LogP contribution in [0.15, 0.2) is 23.1 Å². The minimum Gasteiger partial charge on any atom is -0.490 e. The zero-order valence-electron chi connectivity index (χ0n) is 18.7. The predicted octanol–water partition coefficient (Wildman–Crippen LogP) is 3.43. The first kappa shape index (κ1) is 22.0. The normalized spacial score (nSPS) is 27.4. The molecule has 32 heavy (non-hydrogen) atoms.